The van der Waals surface area contributed by atoms with Crippen molar-refractivity contribution >= 4 is 27.2 Å². The van der Waals surface area contributed by atoms with E-state index in [9.17, 15) is 13.2 Å². The molecule has 184 valence electrons. The highest BCUT2D eigenvalue weighted by molar-refractivity contribution is 7.89. The van der Waals surface area contributed by atoms with E-state index in [1.165, 1.54) is 6.20 Å². The lowest BCUT2D eigenvalue weighted by atomic mass is 10.1. The largest absolute Gasteiger partial charge is 0.488 e. The lowest BCUT2D eigenvalue weighted by Gasteiger charge is -2.24. The molecule has 2 aromatic rings. The first-order valence-electron chi connectivity index (χ1n) is 10.9. The Balaban J connectivity index is 1.78. The van der Waals surface area contributed by atoms with E-state index in [0.717, 1.165) is 19.1 Å². The van der Waals surface area contributed by atoms with Crippen molar-refractivity contribution < 1.29 is 32.2 Å². The molecule has 0 unspecified atom stereocenters. The summed E-state index contributed by atoms with van der Waals surface area (Å²) in [6.07, 6.45) is 4.10. The number of nitrogens with zero attached hydrogens (tertiary/aromatic N) is 2. The maximum Gasteiger partial charge on any atom is 0.354 e. The second kappa shape index (κ2) is 11.8. The molecular weight excluding hydrogens is 462 g/mol. The third kappa shape index (κ3) is 7.99. The Labute approximate surface area is 199 Å². The van der Waals surface area contributed by atoms with Crippen molar-refractivity contribution in [3.63, 3.8) is 0 Å². The number of hydrogen-bond donors (Lipinski definition) is 1. The SMILES string of the molecule is CCOC(=O)/C(C)=N/Nc1ccc(Oc2ccc(CS(C)(=O)=O)nc2)cc1OC1CCOCC1. The quantitative estimate of drug-likeness (QED) is 0.303. The van der Waals surface area contributed by atoms with Gasteiger partial charge in [-0.05, 0) is 38.1 Å². The zero-order valence-corrected chi connectivity index (χ0v) is 20.3. The summed E-state index contributed by atoms with van der Waals surface area (Å²) in [4.78, 5) is 16.0. The summed E-state index contributed by atoms with van der Waals surface area (Å²) in [6.45, 7) is 4.79. The lowest BCUT2D eigenvalue weighted by molar-refractivity contribution is -0.135. The van der Waals surface area contributed by atoms with Gasteiger partial charge in [-0.1, -0.05) is 0 Å². The fourth-order valence-electron chi connectivity index (χ4n) is 3.12. The second-order valence-electron chi connectivity index (χ2n) is 7.77. The number of nitrogens with one attached hydrogen (secondary N) is 1. The number of esters is 1. The van der Waals surface area contributed by atoms with Crippen LogP contribution in [0.15, 0.2) is 41.6 Å². The van der Waals surface area contributed by atoms with Crippen LogP contribution in [-0.2, 0) is 29.9 Å². The molecule has 1 aliphatic rings. The summed E-state index contributed by atoms with van der Waals surface area (Å²) in [5.74, 6) is 0.810. The lowest BCUT2D eigenvalue weighted by Crippen LogP contribution is -2.26. The molecular formula is C23H29N3O7S. The molecule has 0 spiro atoms. The zero-order chi connectivity index (χ0) is 24.6. The number of hydrogen-bond acceptors (Lipinski definition) is 10. The summed E-state index contributed by atoms with van der Waals surface area (Å²) in [5, 5.41) is 4.11. The van der Waals surface area contributed by atoms with Crippen molar-refractivity contribution in [3.05, 3.63) is 42.2 Å². The van der Waals surface area contributed by atoms with Gasteiger partial charge in [-0.2, -0.15) is 5.10 Å². The number of anilines is 1. The molecule has 1 aliphatic heterocycles. The van der Waals surface area contributed by atoms with Crippen LogP contribution in [0.2, 0.25) is 0 Å². The van der Waals surface area contributed by atoms with Gasteiger partial charge in [0.25, 0.3) is 0 Å². The monoisotopic (exact) mass is 491 g/mol. The number of sulfone groups is 1. The second-order valence-corrected chi connectivity index (χ2v) is 9.91. The molecule has 0 amide bonds. The minimum Gasteiger partial charge on any atom is -0.488 e. The maximum atomic E-state index is 11.8. The van der Waals surface area contributed by atoms with Crippen molar-refractivity contribution in [2.75, 3.05) is 31.5 Å². The van der Waals surface area contributed by atoms with Crippen LogP contribution in [0, 0.1) is 0 Å². The molecule has 0 aliphatic carbocycles. The van der Waals surface area contributed by atoms with Crippen LogP contribution in [-0.4, -0.2) is 57.3 Å². The standard InChI is InChI=1S/C23H29N3O7S/c1-4-31-23(27)16(2)25-26-21-8-7-19(13-22(21)33-18-9-11-30-12-10-18)32-20-6-5-17(24-14-20)15-34(3,28)29/h5-8,13-14,18,26H,4,9-12,15H2,1-3H3/b25-16+. The first-order chi connectivity index (χ1) is 16.2. The van der Waals surface area contributed by atoms with Gasteiger partial charge < -0.3 is 18.9 Å². The van der Waals surface area contributed by atoms with E-state index < -0.39 is 15.8 Å². The summed E-state index contributed by atoms with van der Waals surface area (Å²) in [5.41, 5.74) is 4.05. The molecule has 3 rings (SSSR count). The number of ether oxygens (including phenoxy) is 4. The maximum absolute atomic E-state index is 11.8. The Hall–Kier alpha value is -3.18. The third-order valence-electron chi connectivity index (χ3n) is 4.77. The molecule has 1 aromatic carbocycles. The van der Waals surface area contributed by atoms with Gasteiger partial charge in [0.15, 0.2) is 9.84 Å². The molecule has 0 radical (unpaired) electrons. The predicted octanol–water partition coefficient (Wildman–Crippen LogP) is 3.33. The molecule has 1 N–H and O–H groups in total. The van der Waals surface area contributed by atoms with Crippen molar-refractivity contribution in [2.24, 2.45) is 5.10 Å². The van der Waals surface area contributed by atoms with Gasteiger partial charge in [-0.15, -0.1) is 0 Å². The number of carbonyl (C=O) groups excluding carboxylic acids is 1. The summed E-state index contributed by atoms with van der Waals surface area (Å²) in [7, 11) is -3.17. The molecule has 1 fully saturated rings. The highest BCUT2D eigenvalue weighted by Crippen LogP contribution is 2.33. The predicted molar refractivity (Wildman–Crippen MR) is 127 cm³/mol. The van der Waals surface area contributed by atoms with Gasteiger partial charge in [-0.25, -0.2) is 13.2 Å². The minimum atomic E-state index is -3.17. The number of aromatic nitrogens is 1. The topological polar surface area (TPSA) is 125 Å². The van der Waals surface area contributed by atoms with E-state index in [-0.39, 0.29) is 24.2 Å². The first kappa shape index (κ1) is 25.4. The Bertz CT molecular complexity index is 1110. The van der Waals surface area contributed by atoms with Gasteiger partial charge in [0.1, 0.15) is 29.1 Å². The average molecular weight is 492 g/mol. The van der Waals surface area contributed by atoms with E-state index in [2.05, 4.69) is 15.5 Å². The third-order valence-corrected chi connectivity index (χ3v) is 5.59. The van der Waals surface area contributed by atoms with E-state index in [0.29, 0.717) is 41.8 Å². The molecule has 1 saturated heterocycles. The Morgan fingerprint density at radius 2 is 1.94 bits per heavy atom. The molecule has 11 heteroatoms. The number of hydrazone groups is 1. The molecule has 10 nitrogen and oxygen atoms in total. The fraction of sp³-hybridized carbons (Fsp3) is 0.435. The van der Waals surface area contributed by atoms with Crippen LogP contribution >= 0.6 is 0 Å². The normalized spacial score (nSPS) is 15.0. The smallest absolute Gasteiger partial charge is 0.354 e. The van der Waals surface area contributed by atoms with Crippen molar-refractivity contribution in [1.82, 2.24) is 4.98 Å². The van der Waals surface area contributed by atoms with E-state index in [4.69, 9.17) is 18.9 Å². The number of benzene rings is 1. The number of carbonyl (C=O) groups is 1. The van der Waals surface area contributed by atoms with E-state index >= 15 is 0 Å². The van der Waals surface area contributed by atoms with Crippen LogP contribution in [0.25, 0.3) is 0 Å². The van der Waals surface area contributed by atoms with Gasteiger partial charge in [0, 0.05) is 25.2 Å². The molecule has 0 atom stereocenters. The van der Waals surface area contributed by atoms with Gasteiger partial charge >= 0.3 is 5.97 Å². The van der Waals surface area contributed by atoms with E-state index in [1.807, 2.05) is 0 Å². The van der Waals surface area contributed by atoms with Crippen molar-refractivity contribution in [1.29, 1.82) is 0 Å². The van der Waals surface area contributed by atoms with Crippen LogP contribution in [0.3, 0.4) is 0 Å². The first-order valence-corrected chi connectivity index (χ1v) is 13.0. The number of pyridine rings is 1. The Morgan fingerprint density at radius 3 is 2.59 bits per heavy atom. The van der Waals surface area contributed by atoms with Crippen LogP contribution in [0.5, 0.6) is 17.2 Å². The molecule has 2 heterocycles. The van der Waals surface area contributed by atoms with Gasteiger partial charge in [-0.3, -0.25) is 10.4 Å². The zero-order valence-electron chi connectivity index (χ0n) is 19.4. The highest BCUT2D eigenvalue weighted by Gasteiger charge is 2.18. The molecule has 0 bridgehead atoms. The number of rotatable bonds is 10. The van der Waals surface area contributed by atoms with Crippen molar-refractivity contribution in [2.45, 2.75) is 38.5 Å². The van der Waals surface area contributed by atoms with Gasteiger partial charge in [0.05, 0.1) is 43.2 Å². The minimum absolute atomic E-state index is 0.0309. The summed E-state index contributed by atoms with van der Waals surface area (Å²) in [6, 6.07) is 8.44. The van der Waals surface area contributed by atoms with Crippen LogP contribution in [0.4, 0.5) is 5.69 Å². The van der Waals surface area contributed by atoms with Crippen LogP contribution < -0.4 is 14.9 Å². The van der Waals surface area contributed by atoms with Crippen LogP contribution in [0.1, 0.15) is 32.4 Å². The molecule has 1 aromatic heterocycles. The molecule has 0 saturated carbocycles. The summed E-state index contributed by atoms with van der Waals surface area (Å²) >= 11 is 0. The highest BCUT2D eigenvalue weighted by atomic mass is 32.2. The fourth-order valence-corrected chi connectivity index (χ4v) is 3.82. The average Bonchev–Trinajstić information content (AvgIpc) is 2.79. The summed E-state index contributed by atoms with van der Waals surface area (Å²) < 4.78 is 45.3. The van der Waals surface area contributed by atoms with Crippen molar-refractivity contribution in [3.8, 4) is 17.2 Å². The Kier molecular flexibility index (Phi) is 8.83. The molecule has 34 heavy (non-hydrogen) atoms. The van der Waals surface area contributed by atoms with E-state index in [1.54, 1.807) is 44.2 Å². The van der Waals surface area contributed by atoms with Gasteiger partial charge in [0.2, 0.25) is 0 Å². The Morgan fingerprint density at radius 1 is 1.21 bits per heavy atom.